The Bertz CT molecular complexity index is 902. The maximum Gasteiger partial charge on any atom is 0.256 e. The molecule has 2 aliphatic rings. The summed E-state index contributed by atoms with van der Waals surface area (Å²) < 4.78 is 5.47. The van der Waals surface area contributed by atoms with Crippen LogP contribution >= 0.6 is 0 Å². The molecule has 7 nitrogen and oxygen atoms in total. The highest BCUT2D eigenvalue weighted by Gasteiger charge is 2.26. The lowest BCUT2D eigenvalue weighted by molar-refractivity contribution is 0.0738. The van der Waals surface area contributed by atoms with Crippen molar-refractivity contribution in [2.45, 2.75) is 64.2 Å². The minimum Gasteiger partial charge on any atom is -0.381 e. The van der Waals surface area contributed by atoms with Gasteiger partial charge in [0.15, 0.2) is 0 Å². The summed E-state index contributed by atoms with van der Waals surface area (Å²) in [6.07, 6.45) is 4.81. The van der Waals surface area contributed by atoms with Gasteiger partial charge in [-0.2, -0.15) is 0 Å². The van der Waals surface area contributed by atoms with Crippen LogP contribution in [-0.2, 0) is 11.2 Å². The molecule has 168 valence electrons. The maximum atomic E-state index is 13.0. The van der Waals surface area contributed by atoms with Gasteiger partial charge in [-0.15, -0.1) is 0 Å². The van der Waals surface area contributed by atoms with E-state index in [4.69, 9.17) is 15.5 Å². The molecular formula is C24H35N5O2. The van der Waals surface area contributed by atoms with Crippen molar-refractivity contribution in [2.75, 3.05) is 31.2 Å². The minimum atomic E-state index is -0.410. The molecule has 7 heteroatoms. The summed E-state index contributed by atoms with van der Waals surface area (Å²) in [6.45, 7) is 7.38. The van der Waals surface area contributed by atoms with Crippen molar-refractivity contribution >= 4 is 22.6 Å². The van der Waals surface area contributed by atoms with Crippen LogP contribution in [0.3, 0.4) is 0 Å². The fraction of sp³-hybridized carbons (Fsp3) is 0.583. The van der Waals surface area contributed by atoms with Gasteiger partial charge < -0.3 is 26.0 Å². The molecule has 0 spiro atoms. The Hall–Kier alpha value is -2.22. The van der Waals surface area contributed by atoms with Crippen molar-refractivity contribution in [3.63, 3.8) is 0 Å². The Balaban J connectivity index is 1.54. The van der Waals surface area contributed by atoms with E-state index < -0.39 is 6.17 Å². The smallest absolute Gasteiger partial charge is 0.256 e. The molecular weight excluding hydrogens is 390 g/mol. The number of fused-ring (bicyclic) bond motifs is 1. The van der Waals surface area contributed by atoms with Crippen LogP contribution < -0.4 is 21.3 Å². The predicted octanol–water partition coefficient (Wildman–Crippen LogP) is 2.57. The number of amides is 1. The molecule has 1 atom stereocenters. The highest BCUT2D eigenvalue weighted by Crippen LogP contribution is 2.27. The molecule has 1 aromatic carbocycles. The molecule has 2 aliphatic heterocycles. The topological polar surface area (TPSA) is 92.5 Å². The first-order chi connectivity index (χ1) is 15.0. The summed E-state index contributed by atoms with van der Waals surface area (Å²) in [4.78, 5) is 20.1. The summed E-state index contributed by atoms with van der Waals surface area (Å²) in [7, 11) is 0. The second-order valence-electron chi connectivity index (χ2n) is 8.82. The number of ether oxygens (including phenoxy) is 1. The first-order valence-electron chi connectivity index (χ1n) is 11.6. The van der Waals surface area contributed by atoms with Crippen molar-refractivity contribution in [3.05, 3.63) is 35.4 Å². The molecule has 31 heavy (non-hydrogen) atoms. The van der Waals surface area contributed by atoms with Crippen LogP contribution in [-0.4, -0.2) is 55.4 Å². The molecule has 1 unspecified atom stereocenters. The zero-order valence-electron chi connectivity index (χ0n) is 18.7. The molecule has 2 aromatic rings. The largest absolute Gasteiger partial charge is 0.381 e. The number of benzene rings is 1. The Labute approximate surface area is 184 Å². The van der Waals surface area contributed by atoms with E-state index in [0.29, 0.717) is 17.6 Å². The van der Waals surface area contributed by atoms with Crippen LogP contribution in [0.1, 0.15) is 55.5 Å². The fourth-order valence-corrected chi connectivity index (χ4v) is 4.58. The standard InChI is InChI=1S/C24H35N5O2/c1-3-17-4-5-22-18(14-17)15-21(24(30)26-16(2)25)23(28-22)29-10-6-19(7-11-29)27-20-8-12-31-13-9-20/h4-5,14-16,19-20,27H,3,6-13,25H2,1-2H3,(H,26,30). The Morgan fingerprint density at radius 3 is 2.58 bits per heavy atom. The van der Waals surface area contributed by atoms with E-state index in [2.05, 4.69) is 40.7 Å². The van der Waals surface area contributed by atoms with Crippen molar-refractivity contribution in [1.29, 1.82) is 0 Å². The Morgan fingerprint density at radius 2 is 1.90 bits per heavy atom. The molecule has 0 bridgehead atoms. The number of rotatable bonds is 6. The number of piperidine rings is 1. The second-order valence-corrected chi connectivity index (χ2v) is 8.82. The first-order valence-corrected chi connectivity index (χ1v) is 11.6. The van der Waals surface area contributed by atoms with Gasteiger partial charge in [0.1, 0.15) is 5.82 Å². The summed E-state index contributed by atoms with van der Waals surface area (Å²) in [5, 5.41) is 7.65. The van der Waals surface area contributed by atoms with Crippen LogP contribution in [0.25, 0.3) is 10.9 Å². The third-order valence-electron chi connectivity index (χ3n) is 6.36. The van der Waals surface area contributed by atoms with Gasteiger partial charge in [0.25, 0.3) is 5.91 Å². The number of nitrogens with two attached hydrogens (primary N) is 1. The molecule has 0 saturated carbocycles. The summed E-state index contributed by atoms with van der Waals surface area (Å²) in [5.41, 5.74) is 8.61. The van der Waals surface area contributed by atoms with Crippen LogP contribution in [0.15, 0.2) is 24.3 Å². The minimum absolute atomic E-state index is 0.163. The average molecular weight is 426 g/mol. The zero-order chi connectivity index (χ0) is 21.8. The lowest BCUT2D eigenvalue weighted by Gasteiger charge is -2.36. The Kier molecular flexibility index (Phi) is 7.05. The molecule has 1 amide bonds. The molecule has 4 N–H and O–H groups in total. The van der Waals surface area contributed by atoms with Crippen LogP contribution in [0, 0.1) is 0 Å². The lowest BCUT2D eigenvalue weighted by Crippen LogP contribution is -2.48. The number of anilines is 1. The molecule has 0 radical (unpaired) electrons. The number of hydrogen-bond donors (Lipinski definition) is 3. The zero-order valence-corrected chi connectivity index (χ0v) is 18.7. The van der Waals surface area contributed by atoms with E-state index >= 15 is 0 Å². The number of aryl methyl sites for hydroxylation is 1. The number of nitrogens with one attached hydrogen (secondary N) is 2. The van der Waals surface area contributed by atoms with Gasteiger partial charge in [0, 0.05) is 43.8 Å². The fourth-order valence-electron chi connectivity index (χ4n) is 4.58. The monoisotopic (exact) mass is 425 g/mol. The number of aromatic nitrogens is 1. The van der Waals surface area contributed by atoms with E-state index in [1.807, 2.05) is 6.07 Å². The van der Waals surface area contributed by atoms with Crippen LogP contribution in [0.5, 0.6) is 0 Å². The number of pyridine rings is 1. The van der Waals surface area contributed by atoms with E-state index in [1.54, 1.807) is 6.92 Å². The number of hydrogen-bond acceptors (Lipinski definition) is 6. The van der Waals surface area contributed by atoms with Gasteiger partial charge in [-0.3, -0.25) is 4.79 Å². The summed E-state index contributed by atoms with van der Waals surface area (Å²) >= 11 is 0. The lowest BCUT2D eigenvalue weighted by atomic mass is 10.00. The predicted molar refractivity (Wildman–Crippen MR) is 124 cm³/mol. The normalized spacial score (nSPS) is 19.5. The Morgan fingerprint density at radius 1 is 1.19 bits per heavy atom. The van der Waals surface area contributed by atoms with Crippen LogP contribution in [0.2, 0.25) is 0 Å². The van der Waals surface area contributed by atoms with Crippen molar-refractivity contribution in [3.8, 4) is 0 Å². The molecule has 3 heterocycles. The highest BCUT2D eigenvalue weighted by molar-refractivity contribution is 6.02. The SMILES string of the molecule is CCc1ccc2nc(N3CCC(NC4CCOCC4)CC3)c(C(=O)NC(C)N)cc2c1. The number of carbonyl (C=O) groups is 1. The quantitative estimate of drug-likeness (QED) is 0.616. The second kappa shape index (κ2) is 9.94. The molecule has 2 saturated heterocycles. The maximum absolute atomic E-state index is 13.0. The third kappa shape index (κ3) is 5.34. The van der Waals surface area contributed by atoms with E-state index in [-0.39, 0.29) is 5.91 Å². The average Bonchev–Trinajstić information content (AvgIpc) is 2.78. The van der Waals surface area contributed by atoms with Crippen LogP contribution in [0.4, 0.5) is 5.82 Å². The number of nitrogens with zero attached hydrogens (tertiary/aromatic N) is 2. The third-order valence-corrected chi connectivity index (χ3v) is 6.36. The van der Waals surface area contributed by atoms with Gasteiger partial charge in [-0.25, -0.2) is 4.98 Å². The number of carbonyl (C=O) groups excluding carboxylic acids is 1. The molecule has 2 fully saturated rings. The summed E-state index contributed by atoms with van der Waals surface area (Å²) in [5.74, 6) is 0.600. The van der Waals surface area contributed by atoms with Gasteiger partial charge in [0.05, 0.1) is 17.2 Å². The molecule has 1 aromatic heterocycles. The first kappa shape index (κ1) is 22.0. The van der Waals surface area contributed by atoms with Gasteiger partial charge in [0.2, 0.25) is 0 Å². The summed E-state index contributed by atoms with van der Waals surface area (Å²) in [6, 6.07) is 9.34. The van der Waals surface area contributed by atoms with Gasteiger partial charge in [-0.05, 0) is 62.8 Å². The van der Waals surface area contributed by atoms with Crippen molar-refractivity contribution < 1.29 is 9.53 Å². The molecule has 0 aliphatic carbocycles. The van der Waals surface area contributed by atoms with E-state index in [9.17, 15) is 4.79 Å². The van der Waals surface area contributed by atoms with E-state index in [0.717, 1.165) is 75.1 Å². The highest BCUT2D eigenvalue weighted by atomic mass is 16.5. The van der Waals surface area contributed by atoms with E-state index in [1.165, 1.54) is 5.56 Å². The van der Waals surface area contributed by atoms with Crippen molar-refractivity contribution in [2.24, 2.45) is 5.73 Å². The van der Waals surface area contributed by atoms with Gasteiger partial charge >= 0.3 is 0 Å². The van der Waals surface area contributed by atoms with Gasteiger partial charge in [-0.1, -0.05) is 13.0 Å². The molecule has 4 rings (SSSR count). The van der Waals surface area contributed by atoms with Crippen molar-refractivity contribution in [1.82, 2.24) is 15.6 Å².